The summed E-state index contributed by atoms with van der Waals surface area (Å²) in [5, 5.41) is 11.3. The molecule has 4 atom stereocenters. The maximum Gasteiger partial charge on any atom is 0.326 e. The molecule has 1 saturated heterocycles. The number of halogens is 2. The van der Waals surface area contributed by atoms with Crippen molar-refractivity contribution in [2.24, 2.45) is 0 Å². The lowest BCUT2D eigenvalue weighted by Gasteiger charge is -2.47. The molecule has 0 radical (unpaired) electrons. The average molecular weight is 513 g/mol. The third kappa shape index (κ3) is 5.67. The number of hydrogen-bond donors (Lipinski definition) is 1. The number of nitrogens with zero attached hydrogens (tertiary/aromatic N) is 2. The molecule has 0 spiro atoms. The van der Waals surface area contributed by atoms with Crippen molar-refractivity contribution in [3.8, 4) is 0 Å². The predicted molar refractivity (Wildman–Crippen MR) is 134 cm³/mol. The Morgan fingerprint density at radius 1 is 1.00 bits per heavy atom. The van der Waals surface area contributed by atoms with Crippen LogP contribution in [0.15, 0.2) is 73.1 Å². The largest absolute Gasteiger partial charge is 0.480 e. The third-order valence-corrected chi connectivity index (χ3v) is 6.69. The summed E-state index contributed by atoms with van der Waals surface area (Å²) in [6.07, 6.45) is 3.07. The van der Waals surface area contributed by atoms with Crippen LogP contribution in [0.25, 0.3) is 0 Å². The number of benzene rings is 2. The number of carbonyl (C=O) groups excluding carboxylic acids is 1. The van der Waals surface area contributed by atoms with Gasteiger partial charge in [0, 0.05) is 28.9 Å². The number of hydrogen-bond acceptors (Lipinski definition) is 4. The SMILES string of the molecule is CCCC(C(=O)O)N1C(=O)C(Cc2ccncc2)OC(c2ccc(Cl)cc2)C1c1ccc(Cl)cc1. The Bertz CT molecular complexity index is 1160. The van der Waals surface area contributed by atoms with Crippen LogP contribution in [0.2, 0.25) is 10.0 Å². The van der Waals surface area contributed by atoms with Crippen LogP contribution in [0.3, 0.4) is 0 Å². The molecule has 1 fully saturated rings. The standard InChI is InChI=1S/C27H26Cl2N2O4/c1-2-3-22(27(33)34)31-24(18-4-8-20(28)9-5-18)25(19-6-10-21(29)11-7-19)35-23(26(31)32)16-17-12-14-30-15-13-17/h4-15,22-25H,2-3,16H2,1H3,(H,33,34). The van der Waals surface area contributed by atoms with Gasteiger partial charge in [0.25, 0.3) is 5.91 Å². The smallest absolute Gasteiger partial charge is 0.326 e. The molecule has 6 nitrogen and oxygen atoms in total. The zero-order chi connectivity index (χ0) is 24.9. The lowest BCUT2D eigenvalue weighted by molar-refractivity contribution is -0.184. The van der Waals surface area contributed by atoms with Crippen molar-refractivity contribution in [3.63, 3.8) is 0 Å². The summed E-state index contributed by atoms with van der Waals surface area (Å²) in [5.74, 6) is -1.40. The predicted octanol–water partition coefficient (Wildman–Crippen LogP) is 5.89. The zero-order valence-corrected chi connectivity index (χ0v) is 20.7. The molecule has 8 heteroatoms. The van der Waals surface area contributed by atoms with Crippen molar-refractivity contribution in [3.05, 3.63) is 99.8 Å². The molecule has 2 heterocycles. The van der Waals surface area contributed by atoms with Gasteiger partial charge in [-0.1, -0.05) is 60.8 Å². The van der Waals surface area contributed by atoms with Gasteiger partial charge in [0.15, 0.2) is 0 Å². The van der Waals surface area contributed by atoms with E-state index in [-0.39, 0.29) is 5.91 Å². The number of morpholine rings is 1. The molecule has 4 unspecified atom stereocenters. The highest BCUT2D eigenvalue weighted by Gasteiger charge is 2.48. The lowest BCUT2D eigenvalue weighted by atomic mass is 9.89. The lowest BCUT2D eigenvalue weighted by Crippen LogP contribution is -2.57. The molecule has 1 aliphatic heterocycles. The number of pyridine rings is 1. The summed E-state index contributed by atoms with van der Waals surface area (Å²) in [6.45, 7) is 1.91. The van der Waals surface area contributed by atoms with Gasteiger partial charge in [0.1, 0.15) is 18.2 Å². The molecule has 0 bridgehead atoms. The highest BCUT2D eigenvalue weighted by molar-refractivity contribution is 6.30. The molecule has 3 aromatic rings. The van der Waals surface area contributed by atoms with Gasteiger partial charge >= 0.3 is 5.97 Å². The Balaban J connectivity index is 1.85. The topological polar surface area (TPSA) is 79.7 Å². The summed E-state index contributed by atoms with van der Waals surface area (Å²) in [5.41, 5.74) is 2.42. The third-order valence-electron chi connectivity index (χ3n) is 6.19. The monoisotopic (exact) mass is 512 g/mol. The first-order valence-corrected chi connectivity index (χ1v) is 12.2. The Hall–Kier alpha value is -2.93. The maximum absolute atomic E-state index is 13.9. The Morgan fingerprint density at radius 2 is 1.57 bits per heavy atom. The van der Waals surface area contributed by atoms with Crippen molar-refractivity contribution in [1.82, 2.24) is 9.88 Å². The minimum absolute atomic E-state index is 0.299. The molecule has 182 valence electrons. The van der Waals surface area contributed by atoms with Crippen molar-refractivity contribution < 1.29 is 19.4 Å². The van der Waals surface area contributed by atoms with Crippen molar-refractivity contribution in [2.75, 3.05) is 0 Å². The second-order valence-electron chi connectivity index (χ2n) is 8.54. The second-order valence-corrected chi connectivity index (χ2v) is 9.41. The summed E-state index contributed by atoms with van der Waals surface area (Å²) in [6, 6.07) is 16.3. The first-order valence-electron chi connectivity index (χ1n) is 11.5. The number of rotatable bonds is 8. The molecule has 2 aromatic carbocycles. The summed E-state index contributed by atoms with van der Waals surface area (Å²) in [4.78, 5) is 31.9. The molecule has 1 aliphatic rings. The Labute approximate surface area is 214 Å². The number of carbonyl (C=O) groups is 2. The van der Waals surface area contributed by atoms with Crippen LogP contribution in [0.5, 0.6) is 0 Å². The number of carboxylic acids is 1. The van der Waals surface area contributed by atoms with E-state index in [9.17, 15) is 14.7 Å². The Kier molecular flexibility index (Phi) is 8.06. The van der Waals surface area contributed by atoms with Crippen LogP contribution in [-0.4, -0.2) is 39.0 Å². The van der Waals surface area contributed by atoms with E-state index in [1.165, 1.54) is 4.90 Å². The van der Waals surface area contributed by atoms with Crippen LogP contribution in [0, 0.1) is 0 Å². The van der Waals surface area contributed by atoms with Crippen LogP contribution in [0.4, 0.5) is 0 Å². The van der Waals surface area contributed by atoms with E-state index in [2.05, 4.69) is 4.98 Å². The maximum atomic E-state index is 13.9. The molecule has 35 heavy (non-hydrogen) atoms. The van der Waals surface area contributed by atoms with E-state index in [1.54, 1.807) is 36.7 Å². The summed E-state index contributed by atoms with van der Waals surface area (Å²) >= 11 is 12.3. The molecule has 4 rings (SSSR count). The van der Waals surface area contributed by atoms with Crippen LogP contribution in [-0.2, 0) is 20.7 Å². The number of aliphatic carboxylic acids is 1. The normalized spacial score (nSPS) is 21.1. The molecule has 1 amide bonds. The first-order chi connectivity index (χ1) is 16.9. The van der Waals surface area contributed by atoms with Crippen molar-refractivity contribution >= 4 is 35.1 Å². The fourth-order valence-corrected chi connectivity index (χ4v) is 4.79. The molecule has 0 aliphatic carbocycles. The minimum Gasteiger partial charge on any atom is -0.480 e. The van der Waals surface area contributed by atoms with E-state index < -0.39 is 30.3 Å². The van der Waals surface area contributed by atoms with E-state index in [0.29, 0.717) is 29.3 Å². The molecule has 1 aromatic heterocycles. The van der Waals surface area contributed by atoms with Gasteiger partial charge < -0.3 is 14.7 Å². The van der Waals surface area contributed by atoms with Crippen LogP contribution >= 0.6 is 23.2 Å². The van der Waals surface area contributed by atoms with Gasteiger partial charge in [0.2, 0.25) is 0 Å². The van der Waals surface area contributed by atoms with Gasteiger partial charge in [-0.2, -0.15) is 0 Å². The van der Waals surface area contributed by atoms with Gasteiger partial charge in [-0.05, 0) is 59.5 Å². The van der Waals surface area contributed by atoms with Crippen LogP contribution < -0.4 is 0 Å². The highest BCUT2D eigenvalue weighted by atomic mass is 35.5. The fraction of sp³-hybridized carbons (Fsp3) is 0.296. The van der Waals surface area contributed by atoms with E-state index in [0.717, 1.165) is 16.7 Å². The number of ether oxygens (including phenoxy) is 1. The quantitative estimate of drug-likeness (QED) is 0.406. The summed E-state index contributed by atoms with van der Waals surface area (Å²) < 4.78 is 6.48. The number of aromatic nitrogens is 1. The van der Waals surface area contributed by atoms with Gasteiger partial charge in [-0.15, -0.1) is 0 Å². The molecule has 1 N–H and O–H groups in total. The minimum atomic E-state index is -1.04. The zero-order valence-electron chi connectivity index (χ0n) is 19.2. The van der Waals surface area contributed by atoms with Crippen molar-refractivity contribution in [2.45, 2.75) is 50.5 Å². The van der Waals surface area contributed by atoms with E-state index in [4.69, 9.17) is 27.9 Å². The van der Waals surface area contributed by atoms with Gasteiger partial charge in [0.05, 0.1) is 6.04 Å². The van der Waals surface area contributed by atoms with Crippen molar-refractivity contribution in [1.29, 1.82) is 0 Å². The highest BCUT2D eigenvalue weighted by Crippen LogP contribution is 2.44. The second kappa shape index (κ2) is 11.2. The average Bonchev–Trinajstić information content (AvgIpc) is 2.85. The van der Waals surface area contributed by atoms with Gasteiger partial charge in [-0.3, -0.25) is 9.78 Å². The molecule has 0 saturated carbocycles. The molecular weight excluding hydrogens is 487 g/mol. The summed E-state index contributed by atoms with van der Waals surface area (Å²) in [7, 11) is 0. The van der Waals surface area contributed by atoms with Crippen LogP contribution in [0.1, 0.15) is 48.6 Å². The van der Waals surface area contributed by atoms with E-state index >= 15 is 0 Å². The van der Waals surface area contributed by atoms with Gasteiger partial charge in [-0.25, -0.2) is 4.79 Å². The molecular formula is C27H26Cl2N2O4. The number of carboxylic acid groups (broad SMARTS) is 1. The fourth-order valence-electron chi connectivity index (χ4n) is 4.54. The Morgan fingerprint density at radius 3 is 2.11 bits per heavy atom. The number of amides is 1. The first kappa shape index (κ1) is 25.2. The van der Waals surface area contributed by atoms with E-state index in [1.807, 2.05) is 43.3 Å².